The summed E-state index contributed by atoms with van der Waals surface area (Å²) in [5.41, 5.74) is 0.476. The van der Waals surface area contributed by atoms with Crippen LogP contribution in [-0.2, 0) is 11.2 Å². The van der Waals surface area contributed by atoms with Crippen LogP contribution in [-0.4, -0.2) is 21.9 Å². The van der Waals surface area contributed by atoms with E-state index in [1.807, 2.05) is 6.92 Å². The number of nitrogens with one attached hydrogen (secondary N) is 1. The molecule has 1 aromatic carbocycles. The summed E-state index contributed by atoms with van der Waals surface area (Å²) in [5, 5.41) is 11.6. The fourth-order valence-corrected chi connectivity index (χ4v) is 2.26. The Morgan fingerprint density at radius 2 is 2.20 bits per heavy atom. The highest BCUT2D eigenvalue weighted by Gasteiger charge is 2.10. The van der Waals surface area contributed by atoms with Gasteiger partial charge in [0.1, 0.15) is 0 Å². The standard InChI is InChI=1S/C12H11Cl2N3O2S/c1-2-11-16-17-12(19-11)20-6-10(18)15-9-5-7(13)3-4-8(9)14/h3-5H,2,6H2,1H3,(H,15,18). The first kappa shape index (κ1) is 15.2. The highest BCUT2D eigenvalue weighted by molar-refractivity contribution is 7.99. The molecule has 0 saturated heterocycles. The van der Waals surface area contributed by atoms with Crippen LogP contribution in [0.15, 0.2) is 27.8 Å². The molecule has 1 aromatic heterocycles. The summed E-state index contributed by atoms with van der Waals surface area (Å²) in [6, 6.07) is 4.87. The largest absolute Gasteiger partial charge is 0.416 e. The number of nitrogens with zero attached hydrogens (tertiary/aromatic N) is 2. The van der Waals surface area contributed by atoms with Gasteiger partial charge in [-0.1, -0.05) is 41.9 Å². The zero-order valence-electron chi connectivity index (χ0n) is 10.5. The van der Waals surface area contributed by atoms with Crippen molar-refractivity contribution in [2.45, 2.75) is 18.6 Å². The molecule has 1 heterocycles. The topological polar surface area (TPSA) is 68.0 Å². The highest BCUT2D eigenvalue weighted by atomic mass is 35.5. The fourth-order valence-electron chi connectivity index (χ4n) is 1.35. The number of hydrogen-bond acceptors (Lipinski definition) is 5. The number of carbonyl (C=O) groups is 1. The van der Waals surface area contributed by atoms with Crippen LogP contribution in [0.2, 0.25) is 10.0 Å². The third-order valence-electron chi connectivity index (χ3n) is 2.28. The molecule has 20 heavy (non-hydrogen) atoms. The van der Waals surface area contributed by atoms with Crippen LogP contribution < -0.4 is 5.32 Å². The number of amides is 1. The van der Waals surface area contributed by atoms with Crippen molar-refractivity contribution in [1.29, 1.82) is 0 Å². The predicted molar refractivity (Wildman–Crippen MR) is 79.5 cm³/mol. The van der Waals surface area contributed by atoms with Gasteiger partial charge in [-0.3, -0.25) is 4.79 Å². The van der Waals surface area contributed by atoms with E-state index in [-0.39, 0.29) is 11.7 Å². The first-order valence-corrected chi connectivity index (χ1v) is 7.52. The molecule has 2 aromatic rings. The number of thioether (sulfide) groups is 1. The zero-order chi connectivity index (χ0) is 14.5. The molecule has 0 saturated carbocycles. The van der Waals surface area contributed by atoms with Gasteiger partial charge in [-0.25, -0.2) is 0 Å². The molecule has 0 atom stereocenters. The van der Waals surface area contributed by atoms with Crippen LogP contribution in [0.5, 0.6) is 0 Å². The van der Waals surface area contributed by atoms with E-state index in [4.69, 9.17) is 27.6 Å². The molecule has 1 N–H and O–H groups in total. The van der Waals surface area contributed by atoms with Crippen LogP contribution in [0, 0.1) is 0 Å². The van der Waals surface area contributed by atoms with Crippen LogP contribution >= 0.6 is 35.0 Å². The average Bonchev–Trinajstić information content (AvgIpc) is 2.89. The SMILES string of the molecule is CCc1nnc(SCC(=O)Nc2cc(Cl)ccc2Cl)o1. The maximum absolute atomic E-state index is 11.8. The molecule has 5 nitrogen and oxygen atoms in total. The second kappa shape index (κ2) is 6.97. The Labute approximate surface area is 130 Å². The lowest BCUT2D eigenvalue weighted by Crippen LogP contribution is -2.14. The number of halogens is 2. The van der Waals surface area contributed by atoms with Crippen molar-refractivity contribution in [2.75, 3.05) is 11.1 Å². The van der Waals surface area contributed by atoms with Crippen molar-refractivity contribution in [3.8, 4) is 0 Å². The highest BCUT2D eigenvalue weighted by Crippen LogP contribution is 2.26. The van der Waals surface area contributed by atoms with Gasteiger partial charge in [0.2, 0.25) is 11.8 Å². The Bertz CT molecular complexity index is 618. The van der Waals surface area contributed by atoms with Crippen LogP contribution in [0.1, 0.15) is 12.8 Å². The number of hydrogen-bond donors (Lipinski definition) is 1. The number of rotatable bonds is 5. The number of benzene rings is 1. The van der Waals surface area contributed by atoms with Crippen LogP contribution in [0.3, 0.4) is 0 Å². The summed E-state index contributed by atoms with van der Waals surface area (Å²) >= 11 is 13.0. The van der Waals surface area contributed by atoms with E-state index in [2.05, 4.69) is 15.5 Å². The molecule has 0 unspecified atom stereocenters. The monoisotopic (exact) mass is 331 g/mol. The minimum absolute atomic E-state index is 0.147. The van der Waals surface area contributed by atoms with E-state index in [0.29, 0.717) is 33.3 Å². The van der Waals surface area contributed by atoms with Crippen molar-refractivity contribution in [3.63, 3.8) is 0 Å². The van der Waals surface area contributed by atoms with Crippen molar-refractivity contribution >= 4 is 46.6 Å². The van der Waals surface area contributed by atoms with E-state index in [0.717, 1.165) is 0 Å². The van der Waals surface area contributed by atoms with E-state index in [1.54, 1.807) is 18.2 Å². The van der Waals surface area contributed by atoms with Crippen molar-refractivity contribution in [2.24, 2.45) is 0 Å². The molecule has 106 valence electrons. The molecule has 0 aliphatic rings. The molecule has 0 fully saturated rings. The van der Waals surface area contributed by atoms with Gasteiger partial charge in [-0.2, -0.15) is 0 Å². The van der Waals surface area contributed by atoms with Gasteiger partial charge in [-0.05, 0) is 18.2 Å². The number of carbonyl (C=O) groups excluding carboxylic acids is 1. The Morgan fingerprint density at radius 3 is 2.90 bits per heavy atom. The van der Waals surface area contributed by atoms with Crippen molar-refractivity contribution in [1.82, 2.24) is 10.2 Å². The molecule has 8 heteroatoms. The first-order chi connectivity index (χ1) is 9.58. The Morgan fingerprint density at radius 1 is 1.40 bits per heavy atom. The summed E-state index contributed by atoms with van der Waals surface area (Å²) in [7, 11) is 0. The molecule has 0 aliphatic carbocycles. The van der Waals surface area contributed by atoms with Gasteiger partial charge in [0.25, 0.3) is 5.22 Å². The van der Waals surface area contributed by atoms with Gasteiger partial charge < -0.3 is 9.73 Å². The first-order valence-electron chi connectivity index (χ1n) is 5.78. The lowest BCUT2D eigenvalue weighted by molar-refractivity contribution is -0.113. The maximum atomic E-state index is 11.8. The van der Waals surface area contributed by atoms with E-state index in [1.165, 1.54) is 11.8 Å². The normalized spacial score (nSPS) is 10.6. The fraction of sp³-hybridized carbons (Fsp3) is 0.250. The Kier molecular flexibility index (Phi) is 5.28. The molecule has 2 rings (SSSR count). The predicted octanol–water partition coefficient (Wildman–Crippen LogP) is 3.67. The van der Waals surface area contributed by atoms with Crippen molar-refractivity contribution in [3.05, 3.63) is 34.1 Å². The molecule has 0 spiro atoms. The summed E-state index contributed by atoms with van der Waals surface area (Å²) < 4.78 is 5.29. The summed E-state index contributed by atoms with van der Waals surface area (Å²) in [4.78, 5) is 11.8. The maximum Gasteiger partial charge on any atom is 0.277 e. The summed E-state index contributed by atoms with van der Waals surface area (Å²) in [6.45, 7) is 1.91. The van der Waals surface area contributed by atoms with Gasteiger partial charge in [-0.15, -0.1) is 10.2 Å². The second-order valence-electron chi connectivity index (χ2n) is 3.78. The number of aromatic nitrogens is 2. The van der Waals surface area contributed by atoms with Gasteiger partial charge >= 0.3 is 0 Å². The molecular weight excluding hydrogens is 321 g/mol. The number of anilines is 1. The van der Waals surface area contributed by atoms with E-state index >= 15 is 0 Å². The minimum atomic E-state index is -0.226. The Balaban J connectivity index is 1.90. The zero-order valence-corrected chi connectivity index (χ0v) is 12.8. The second-order valence-corrected chi connectivity index (χ2v) is 5.55. The third kappa shape index (κ3) is 4.13. The quantitative estimate of drug-likeness (QED) is 0.846. The lowest BCUT2D eigenvalue weighted by Gasteiger charge is -2.06. The summed E-state index contributed by atoms with van der Waals surface area (Å²) in [5.74, 6) is 0.468. The third-order valence-corrected chi connectivity index (χ3v) is 3.66. The van der Waals surface area contributed by atoms with Gasteiger partial charge in [0.05, 0.1) is 16.5 Å². The van der Waals surface area contributed by atoms with E-state index in [9.17, 15) is 4.79 Å². The molecule has 0 aliphatic heterocycles. The summed E-state index contributed by atoms with van der Waals surface area (Å²) in [6.07, 6.45) is 0.665. The molecular formula is C12H11Cl2N3O2S. The molecule has 0 radical (unpaired) electrons. The minimum Gasteiger partial charge on any atom is -0.416 e. The van der Waals surface area contributed by atoms with Crippen LogP contribution in [0.25, 0.3) is 0 Å². The number of aryl methyl sites for hydroxylation is 1. The van der Waals surface area contributed by atoms with Gasteiger partial charge in [0.15, 0.2) is 0 Å². The van der Waals surface area contributed by atoms with Crippen LogP contribution in [0.4, 0.5) is 5.69 Å². The smallest absolute Gasteiger partial charge is 0.277 e. The lowest BCUT2D eigenvalue weighted by atomic mass is 10.3. The molecule has 1 amide bonds. The Hall–Kier alpha value is -1.24. The molecule has 0 bridgehead atoms. The van der Waals surface area contributed by atoms with Gasteiger partial charge in [0, 0.05) is 11.4 Å². The van der Waals surface area contributed by atoms with Crippen molar-refractivity contribution < 1.29 is 9.21 Å². The van der Waals surface area contributed by atoms with E-state index < -0.39 is 0 Å². The average molecular weight is 332 g/mol.